The Morgan fingerprint density at radius 1 is 1.12 bits per heavy atom. The van der Waals surface area contributed by atoms with E-state index in [-0.39, 0.29) is 22.8 Å². The number of nitrogens with one attached hydrogen (secondary N) is 2. The molecule has 0 aliphatic rings. The monoisotopic (exact) mass is 456 g/mol. The third kappa shape index (κ3) is 5.80. The van der Waals surface area contributed by atoms with Crippen LogP contribution in [0.3, 0.4) is 0 Å². The van der Waals surface area contributed by atoms with Crippen LogP contribution < -0.4 is 15.6 Å². The number of hydrogen-bond acceptors (Lipinski definition) is 5. The third-order valence-electron chi connectivity index (χ3n) is 5.11. The maximum atomic E-state index is 12.6. The van der Waals surface area contributed by atoms with Crippen molar-refractivity contribution in [1.82, 2.24) is 14.3 Å². The number of carbonyl (C=O) groups is 1. The summed E-state index contributed by atoms with van der Waals surface area (Å²) in [5, 5.41) is 3.28. The number of anilines is 1. The van der Waals surface area contributed by atoms with Gasteiger partial charge in [0.1, 0.15) is 0 Å². The summed E-state index contributed by atoms with van der Waals surface area (Å²) in [6.45, 7) is 4.63. The molecule has 170 valence electrons. The lowest BCUT2D eigenvalue weighted by molar-refractivity contribution is -0.116. The number of aromatic nitrogens is 2. The van der Waals surface area contributed by atoms with E-state index in [1.165, 1.54) is 23.0 Å². The van der Waals surface area contributed by atoms with Crippen LogP contribution in [-0.2, 0) is 21.4 Å². The highest BCUT2D eigenvalue weighted by atomic mass is 32.2. The van der Waals surface area contributed by atoms with E-state index in [0.717, 1.165) is 18.4 Å². The number of amides is 1. The van der Waals surface area contributed by atoms with Crippen molar-refractivity contribution in [3.8, 4) is 0 Å². The fourth-order valence-corrected chi connectivity index (χ4v) is 4.46. The Morgan fingerprint density at radius 3 is 2.69 bits per heavy atom. The van der Waals surface area contributed by atoms with Crippen molar-refractivity contribution in [2.24, 2.45) is 0 Å². The number of para-hydroxylation sites is 1. The van der Waals surface area contributed by atoms with Crippen LogP contribution in [0.15, 0.2) is 58.5 Å². The molecule has 1 heterocycles. The van der Waals surface area contributed by atoms with Gasteiger partial charge in [-0.15, -0.1) is 0 Å². The molecule has 0 bridgehead atoms. The molecule has 9 heteroatoms. The van der Waals surface area contributed by atoms with Gasteiger partial charge in [-0.05, 0) is 49.6 Å². The van der Waals surface area contributed by atoms with Gasteiger partial charge in [0.05, 0.1) is 22.1 Å². The SMILES string of the molecule is CCCCNS(=O)(=O)c1cccc(NC(=O)CCCn2cnc3c(C)cccc3c2=O)c1. The molecule has 8 nitrogen and oxygen atoms in total. The minimum Gasteiger partial charge on any atom is -0.326 e. The van der Waals surface area contributed by atoms with Crippen LogP contribution in [0.1, 0.15) is 38.2 Å². The van der Waals surface area contributed by atoms with E-state index in [0.29, 0.717) is 36.1 Å². The molecule has 1 aromatic heterocycles. The Balaban J connectivity index is 1.58. The first-order valence-electron chi connectivity index (χ1n) is 10.7. The fourth-order valence-electron chi connectivity index (χ4n) is 3.34. The average Bonchev–Trinajstić information content (AvgIpc) is 2.76. The van der Waals surface area contributed by atoms with Crippen LogP contribution in [0.25, 0.3) is 10.9 Å². The molecule has 2 N–H and O–H groups in total. The zero-order chi connectivity index (χ0) is 23.1. The molecule has 32 heavy (non-hydrogen) atoms. The smallest absolute Gasteiger partial charge is 0.261 e. The van der Waals surface area contributed by atoms with E-state index in [2.05, 4.69) is 15.0 Å². The molecular formula is C23H28N4O4S. The number of fused-ring (bicyclic) bond motifs is 1. The van der Waals surface area contributed by atoms with Crippen molar-refractivity contribution < 1.29 is 13.2 Å². The zero-order valence-electron chi connectivity index (χ0n) is 18.3. The van der Waals surface area contributed by atoms with Gasteiger partial charge in [0.2, 0.25) is 15.9 Å². The summed E-state index contributed by atoms with van der Waals surface area (Å²) < 4.78 is 28.8. The van der Waals surface area contributed by atoms with Gasteiger partial charge in [0.25, 0.3) is 5.56 Å². The topological polar surface area (TPSA) is 110 Å². The Morgan fingerprint density at radius 2 is 1.91 bits per heavy atom. The van der Waals surface area contributed by atoms with Gasteiger partial charge < -0.3 is 5.32 Å². The number of nitrogens with zero attached hydrogens (tertiary/aromatic N) is 2. The van der Waals surface area contributed by atoms with Gasteiger partial charge in [0.15, 0.2) is 0 Å². The molecule has 0 aliphatic carbocycles. The number of rotatable bonds is 10. The highest BCUT2D eigenvalue weighted by molar-refractivity contribution is 7.89. The lowest BCUT2D eigenvalue weighted by Crippen LogP contribution is -2.25. The van der Waals surface area contributed by atoms with Crippen molar-refractivity contribution in [1.29, 1.82) is 0 Å². The predicted molar refractivity (Wildman–Crippen MR) is 125 cm³/mol. The summed E-state index contributed by atoms with van der Waals surface area (Å²) in [7, 11) is -3.62. The summed E-state index contributed by atoms with van der Waals surface area (Å²) in [5.74, 6) is -0.254. The summed E-state index contributed by atoms with van der Waals surface area (Å²) >= 11 is 0. The van der Waals surface area contributed by atoms with Gasteiger partial charge in [-0.3, -0.25) is 14.2 Å². The van der Waals surface area contributed by atoms with Crippen LogP contribution in [-0.4, -0.2) is 30.4 Å². The Kier molecular flexibility index (Phi) is 7.76. The van der Waals surface area contributed by atoms with Gasteiger partial charge >= 0.3 is 0 Å². The summed E-state index contributed by atoms with van der Waals surface area (Å²) in [6, 6.07) is 11.6. The molecule has 0 unspecified atom stereocenters. The van der Waals surface area contributed by atoms with Crippen molar-refractivity contribution in [3.05, 3.63) is 64.7 Å². The standard InChI is InChI=1S/C23H28N4O4S/c1-3-4-13-25-32(30,31)19-10-6-9-18(15-19)26-21(28)12-7-14-27-16-24-22-17(2)8-5-11-20(22)23(27)29/h5-6,8-11,15-16,25H,3-4,7,12-14H2,1-2H3,(H,26,28). The quantitative estimate of drug-likeness (QED) is 0.455. The van der Waals surface area contributed by atoms with E-state index < -0.39 is 10.0 Å². The van der Waals surface area contributed by atoms with E-state index in [1.54, 1.807) is 18.2 Å². The first-order valence-corrected chi connectivity index (χ1v) is 12.1. The number of sulfonamides is 1. The first kappa shape index (κ1) is 23.6. The van der Waals surface area contributed by atoms with Gasteiger partial charge in [0, 0.05) is 25.2 Å². The lowest BCUT2D eigenvalue weighted by Gasteiger charge is -2.10. The van der Waals surface area contributed by atoms with E-state index in [9.17, 15) is 18.0 Å². The Hall–Kier alpha value is -3.04. The number of hydrogen-bond donors (Lipinski definition) is 2. The Labute approximate surface area is 187 Å². The van der Waals surface area contributed by atoms with Gasteiger partial charge in [-0.1, -0.05) is 31.5 Å². The van der Waals surface area contributed by atoms with Crippen LogP contribution in [0.4, 0.5) is 5.69 Å². The van der Waals surface area contributed by atoms with Crippen LogP contribution in [0.5, 0.6) is 0 Å². The molecule has 3 rings (SSSR count). The van der Waals surface area contributed by atoms with Crippen molar-refractivity contribution in [2.45, 2.75) is 51.0 Å². The van der Waals surface area contributed by atoms with Crippen LogP contribution in [0.2, 0.25) is 0 Å². The molecule has 0 saturated heterocycles. The first-order chi connectivity index (χ1) is 15.3. The molecule has 2 aromatic carbocycles. The largest absolute Gasteiger partial charge is 0.326 e. The van der Waals surface area contributed by atoms with Crippen molar-refractivity contribution in [3.63, 3.8) is 0 Å². The number of benzene rings is 2. The number of unbranched alkanes of at least 4 members (excludes halogenated alkanes) is 1. The Bertz CT molecular complexity index is 1270. The fraction of sp³-hybridized carbons (Fsp3) is 0.348. The molecule has 0 aliphatic heterocycles. The number of aryl methyl sites for hydroxylation is 2. The molecule has 0 radical (unpaired) electrons. The molecule has 3 aromatic rings. The minimum absolute atomic E-state index is 0.107. The maximum Gasteiger partial charge on any atom is 0.261 e. The zero-order valence-corrected chi connectivity index (χ0v) is 19.1. The second kappa shape index (κ2) is 10.5. The van der Waals surface area contributed by atoms with E-state index in [1.807, 2.05) is 26.0 Å². The summed E-state index contributed by atoms with van der Waals surface area (Å²) in [5.41, 5.74) is 1.91. The van der Waals surface area contributed by atoms with Crippen molar-refractivity contribution in [2.75, 3.05) is 11.9 Å². The number of carbonyl (C=O) groups excluding carboxylic acids is 1. The second-order valence-corrected chi connectivity index (χ2v) is 9.41. The van der Waals surface area contributed by atoms with Crippen LogP contribution >= 0.6 is 0 Å². The third-order valence-corrected chi connectivity index (χ3v) is 6.57. The van der Waals surface area contributed by atoms with Gasteiger partial charge in [-0.25, -0.2) is 18.1 Å². The highest BCUT2D eigenvalue weighted by Crippen LogP contribution is 2.16. The molecule has 0 spiro atoms. The highest BCUT2D eigenvalue weighted by Gasteiger charge is 2.14. The lowest BCUT2D eigenvalue weighted by atomic mass is 10.1. The van der Waals surface area contributed by atoms with Crippen molar-refractivity contribution >= 4 is 32.5 Å². The molecular weight excluding hydrogens is 428 g/mol. The normalized spacial score (nSPS) is 11.6. The van der Waals surface area contributed by atoms with Crippen LogP contribution in [0, 0.1) is 6.92 Å². The van der Waals surface area contributed by atoms with Gasteiger partial charge in [-0.2, -0.15) is 0 Å². The van der Waals surface area contributed by atoms with E-state index >= 15 is 0 Å². The molecule has 0 atom stereocenters. The predicted octanol–water partition coefficient (Wildman–Crippen LogP) is 3.20. The average molecular weight is 457 g/mol. The minimum atomic E-state index is -3.62. The molecule has 1 amide bonds. The summed E-state index contributed by atoms with van der Waals surface area (Å²) in [6.07, 6.45) is 3.78. The van der Waals surface area contributed by atoms with E-state index in [4.69, 9.17) is 0 Å². The second-order valence-electron chi connectivity index (χ2n) is 7.65. The molecule has 0 fully saturated rings. The molecule has 0 saturated carbocycles. The summed E-state index contributed by atoms with van der Waals surface area (Å²) in [4.78, 5) is 29.4. The maximum absolute atomic E-state index is 12.6.